The van der Waals surface area contributed by atoms with Crippen LogP contribution in [0.2, 0.25) is 0 Å². The van der Waals surface area contributed by atoms with Crippen LogP contribution in [0.25, 0.3) is 60.4 Å². The number of hydrogen-bond acceptors (Lipinski definition) is 3. The molecule has 0 bridgehead atoms. The molecule has 0 saturated heterocycles. The van der Waals surface area contributed by atoms with Gasteiger partial charge < -0.3 is 9.88 Å². The molecule has 2 N–H and O–H groups in total. The lowest BCUT2D eigenvalue weighted by Crippen LogP contribution is -2.47. The summed E-state index contributed by atoms with van der Waals surface area (Å²) in [5.74, 6) is 0.820. The van der Waals surface area contributed by atoms with Crippen LogP contribution in [0.1, 0.15) is 23.5 Å². The van der Waals surface area contributed by atoms with Crippen LogP contribution in [0.3, 0.4) is 0 Å². The number of hydrogen-bond donors (Lipinski definition) is 2. The molecule has 5 heteroatoms. The number of benzene rings is 7. The Balaban J connectivity index is 1.13. The second kappa shape index (κ2) is 11.6. The third kappa shape index (κ3) is 4.63. The standard InChI is InChI=1S/C45H33N5/c1-4-14-30(15-5-1)43-46-44(31-16-6-2-7-17-31)48-45(47-43)50-40-23-13-11-21-36(40)38-29-33(25-27-42(38)50)32-24-26-41-37(28-32)35-20-10-12-22-39(35)49(41)34-18-8-3-9-19-34/h1-29,43-44,46H,(H,47,48). The average Bonchev–Trinajstić information content (AvgIpc) is 3.71. The zero-order chi connectivity index (χ0) is 33.0. The van der Waals surface area contributed by atoms with Gasteiger partial charge in [0.15, 0.2) is 0 Å². The summed E-state index contributed by atoms with van der Waals surface area (Å²) in [5, 5.41) is 12.4. The number of para-hydroxylation sites is 3. The topological polar surface area (TPSA) is 46.3 Å². The van der Waals surface area contributed by atoms with E-state index in [-0.39, 0.29) is 12.3 Å². The number of fused-ring (bicyclic) bond motifs is 6. The Hall–Kier alpha value is -6.43. The molecule has 238 valence electrons. The fourth-order valence-corrected chi connectivity index (χ4v) is 7.67. The summed E-state index contributed by atoms with van der Waals surface area (Å²) >= 11 is 0. The SMILES string of the molecule is c1ccc(C2N=C(n3c4ccccc4c4cc(-c5ccc6c(c5)c5ccccc5n6-c5ccccc5)ccc43)NC(c3ccccc3)N2)cc1. The highest BCUT2D eigenvalue weighted by Gasteiger charge is 2.27. The van der Waals surface area contributed by atoms with E-state index >= 15 is 0 Å². The molecule has 9 aromatic rings. The molecular weight excluding hydrogens is 611 g/mol. The van der Waals surface area contributed by atoms with Gasteiger partial charge in [-0.2, -0.15) is 0 Å². The Kier molecular flexibility index (Phi) is 6.64. The zero-order valence-corrected chi connectivity index (χ0v) is 27.2. The van der Waals surface area contributed by atoms with Gasteiger partial charge >= 0.3 is 0 Å². The summed E-state index contributed by atoms with van der Waals surface area (Å²) < 4.78 is 4.65. The number of nitrogens with one attached hydrogen (secondary N) is 2. The Labute approximate surface area is 289 Å². The van der Waals surface area contributed by atoms with E-state index in [0.717, 1.165) is 28.1 Å². The smallest absolute Gasteiger partial charge is 0.206 e. The van der Waals surface area contributed by atoms with Gasteiger partial charge in [-0.3, -0.25) is 9.88 Å². The molecular formula is C45H33N5. The van der Waals surface area contributed by atoms with Gasteiger partial charge in [-0.25, -0.2) is 4.99 Å². The predicted molar refractivity (Wildman–Crippen MR) is 207 cm³/mol. The number of aliphatic imine (C=N–C) groups is 1. The van der Waals surface area contributed by atoms with Crippen molar-refractivity contribution < 1.29 is 0 Å². The van der Waals surface area contributed by atoms with Crippen molar-refractivity contribution in [3.05, 3.63) is 187 Å². The van der Waals surface area contributed by atoms with Crippen LogP contribution in [-0.4, -0.2) is 15.1 Å². The molecule has 3 heterocycles. The molecule has 0 aliphatic carbocycles. The Morgan fingerprint density at radius 1 is 0.420 bits per heavy atom. The third-order valence-corrected chi connectivity index (χ3v) is 10.0. The summed E-state index contributed by atoms with van der Waals surface area (Å²) in [6.45, 7) is 0. The van der Waals surface area contributed by atoms with Gasteiger partial charge in [-0.15, -0.1) is 0 Å². The van der Waals surface area contributed by atoms with Crippen molar-refractivity contribution in [3.8, 4) is 16.8 Å². The van der Waals surface area contributed by atoms with Crippen molar-refractivity contribution >= 4 is 49.6 Å². The number of rotatable bonds is 4. The maximum atomic E-state index is 5.30. The molecule has 0 amide bonds. The lowest BCUT2D eigenvalue weighted by Gasteiger charge is -2.32. The molecule has 1 aliphatic heterocycles. The number of aromatic nitrogens is 2. The quantitative estimate of drug-likeness (QED) is 0.200. The first kappa shape index (κ1) is 28.6. The monoisotopic (exact) mass is 643 g/mol. The molecule has 50 heavy (non-hydrogen) atoms. The lowest BCUT2D eigenvalue weighted by molar-refractivity contribution is 0.403. The van der Waals surface area contributed by atoms with E-state index in [1.807, 2.05) is 6.07 Å². The van der Waals surface area contributed by atoms with Gasteiger partial charge in [0.1, 0.15) is 12.3 Å². The molecule has 10 rings (SSSR count). The second-order valence-corrected chi connectivity index (χ2v) is 12.9. The van der Waals surface area contributed by atoms with E-state index in [4.69, 9.17) is 4.99 Å². The Morgan fingerprint density at radius 3 is 1.52 bits per heavy atom. The van der Waals surface area contributed by atoms with Crippen molar-refractivity contribution in [2.45, 2.75) is 12.3 Å². The van der Waals surface area contributed by atoms with Crippen LogP contribution in [0.5, 0.6) is 0 Å². The first-order valence-electron chi connectivity index (χ1n) is 17.1. The Bertz CT molecular complexity index is 2710. The summed E-state index contributed by atoms with van der Waals surface area (Å²) in [5.41, 5.74) is 10.5. The molecule has 5 nitrogen and oxygen atoms in total. The van der Waals surface area contributed by atoms with Gasteiger partial charge in [0.25, 0.3) is 0 Å². The largest absolute Gasteiger partial charge is 0.336 e. The van der Waals surface area contributed by atoms with Gasteiger partial charge in [-0.05, 0) is 70.8 Å². The maximum absolute atomic E-state index is 5.30. The van der Waals surface area contributed by atoms with E-state index in [1.54, 1.807) is 0 Å². The molecule has 2 atom stereocenters. The van der Waals surface area contributed by atoms with Crippen LogP contribution in [0, 0.1) is 0 Å². The highest BCUT2D eigenvalue weighted by Crippen LogP contribution is 2.38. The lowest BCUT2D eigenvalue weighted by atomic mass is 10.0. The normalized spacial score (nSPS) is 16.2. The van der Waals surface area contributed by atoms with Crippen LogP contribution in [0.15, 0.2) is 181 Å². The summed E-state index contributed by atoms with van der Waals surface area (Å²) in [6.07, 6.45) is -0.327. The van der Waals surface area contributed by atoms with Crippen LogP contribution in [-0.2, 0) is 0 Å². The molecule has 0 radical (unpaired) electrons. The minimum absolute atomic E-state index is 0.117. The molecule has 7 aromatic carbocycles. The van der Waals surface area contributed by atoms with Crippen LogP contribution in [0.4, 0.5) is 0 Å². The summed E-state index contributed by atoms with van der Waals surface area (Å²) in [6, 6.07) is 62.7. The van der Waals surface area contributed by atoms with Crippen LogP contribution >= 0.6 is 0 Å². The van der Waals surface area contributed by atoms with Gasteiger partial charge in [0, 0.05) is 27.2 Å². The highest BCUT2D eigenvalue weighted by atomic mass is 15.4. The van der Waals surface area contributed by atoms with Gasteiger partial charge in [-0.1, -0.05) is 127 Å². The van der Waals surface area contributed by atoms with Gasteiger partial charge in [0.05, 0.1) is 22.1 Å². The van der Waals surface area contributed by atoms with Crippen molar-refractivity contribution in [1.82, 2.24) is 19.8 Å². The van der Waals surface area contributed by atoms with Crippen molar-refractivity contribution in [3.63, 3.8) is 0 Å². The van der Waals surface area contributed by atoms with E-state index in [1.165, 1.54) is 49.4 Å². The number of nitrogens with zero attached hydrogens (tertiary/aromatic N) is 3. The van der Waals surface area contributed by atoms with E-state index in [2.05, 4.69) is 190 Å². The maximum Gasteiger partial charge on any atom is 0.206 e. The summed E-state index contributed by atoms with van der Waals surface area (Å²) in [7, 11) is 0. The van der Waals surface area contributed by atoms with Crippen molar-refractivity contribution in [2.75, 3.05) is 0 Å². The summed E-state index contributed by atoms with van der Waals surface area (Å²) in [4.78, 5) is 5.30. The van der Waals surface area contributed by atoms with E-state index in [0.29, 0.717) is 0 Å². The molecule has 0 fully saturated rings. The second-order valence-electron chi connectivity index (χ2n) is 12.9. The highest BCUT2D eigenvalue weighted by molar-refractivity contribution is 6.15. The average molecular weight is 644 g/mol. The minimum atomic E-state index is -0.210. The van der Waals surface area contributed by atoms with Crippen LogP contribution < -0.4 is 10.6 Å². The molecule has 2 aromatic heterocycles. The molecule has 1 aliphatic rings. The fourth-order valence-electron chi connectivity index (χ4n) is 7.67. The molecule has 2 unspecified atom stereocenters. The van der Waals surface area contributed by atoms with Crippen molar-refractivity contribution in [2.24, 2.45) is 4.99 Å². The predicted octanol–water partition coefficient (Wildman–Crippen LogP) is 10.4. The fraction of sp³-hybridized carbons (Fsp3) is 0.0444. The van der Waals surface area contributed by atoms with Gasteiger partial charge in [0.2, 0.25) is 5.96 Å². The van der Waals surface area contributed by atoms with E-state index < -0.39 is 0 Å². The first-order chi connectivity index (χ1) is 24.8. The first-order valence-corrected chi connectivity index (χ1v) is 17.1. The zero-order valence-electron chi connectivity index (χ0n) is 27.2. The molecule has 0 spiro atoms. The van der Waals surface area contributed by atoms with Crippen molar-refractivity contribution in [1.29, 1.82) is 0 Å². The minimum Gasteiger partial charge on any atom is -0.336 e. The third-order valence-electron chi connectivity index (χ3n) is 10.0. The Morgan fingerprint density at radius 2 is 0.900 bits per heavy atom. The van der Waals surface area contributed by atoms with E-state index in [9.17, 15) is 0 Å². The molecule has 0 saturated carbocycles.